The van der Waals surface area contributed by atoms with Gasteiger partial charge < -0.3 is 5.43 Å². The van der Waals surface area contributed by atoms with Gasteiger partial charge in [-0.3, -0.25) is 0 Å². The molecule has 0 aliphatic rings. The van der Waals surface area contributed by atoms with Gasteiger partial charge in [0.05, 0.1) is 4.90 Å². The summed E-state index contributed by atoms with van der Waals surface area (Å²) >= 11 is 0. The van der Waals surface area contributed by atoms with Crippen LogP contribution in [0.3, 0.4) is 0 Å². The van der Waals surface area contributed by atoms with Crippen LogP contribution in [-0.2, 0) is 10.0 Å². The van der Waals surface area contributed by atoms with Crippen molar-refractivity contribution in [2.75, 3.05) is 5.43 Å². The van der Waals surface area contributed by atoms with Gasteiger partial charge in [-0.1, -0.05) is 18.2 Å². The summed E-state index contributed by atoms with van der Waals surface area (Å²) < 4.78 is 23.8. The number of rotatable bonds is 5. The van der Waals surface area contributed by atoms with Gasteiger partial charge in [0.15, 0.2) is 0 Å². The third-order valence-corrected chi connectivity index (χ3v) is 3.62. The Balaban J connectivity index is 2.07. The van der Waals surface area contributed by atoms with Crippen LogP contribution in [0.25, 0.3) is 0 Å². The van der Waals surface area contributed by atoms with Gasteiger partial charge in [-0.2, -0.15) is 0 Å². The van der Waals surface area contributed by atoms with Crippen molar-refractivity contribution in [3.8, 4) is 0 Å². The summed E-state index contributed by atoms with van der Waals surface area (Å²) in [7, 11) is -3.62. The molecule has 6 nitrogen and oxygen atoms in total. The minimum absolute atomic E-state index is 0.161. The second kappa shape index (κ2) is 5.59. The Labute approximate surface area is 110 Å². The van der Waals surface area contributed by atoms with Gasteiger partial charge >= 0.3 is 0 Å². The maximum Gasteiger partial charge on any atom is 0.257 e. The lowest BCUT2D eigenvalue weighted by Gasteiger charge is -2.09. The molecular formula is C12H11N3O3S. The molecule has 0 amide bonds. The lowest BCUT2D eigenvalue weighted by molar-refractivity contribution is 0.588. The summed E-state index contributed by atoms with van der Waals surface area (Å²) in [6.07, 6.45) is 0. The van der Waals surface area contributed by atoms with Gasteiger partial charge in [-0.15, -0.1) is 9.74 Å². The van der Waals surface area contributed by atoms with Crippen LogP contribution in [0.1, 0.15) is 0 Å². The van der Waals surface area contributed by atoms with Crippen LogP contribution in [0.5, 0.6) is 0 Å². The third-order valence-electron chi connectivity index (χ3n) is 2.36. The smallest absolute Gasteiger partial charge is 0.257 e. The van der Waals surface area contributed by atoms with E-state index in [-0.39, 0.29) is 10.6 Å². The van der Waals surface area contributed by atoms with Gasteiger partial charge in [0, 0.05) is 5.69 Å². The van der Waals surface area contributed by atoms with E-state index in [4.69, 9.17) is 0 Å². The van der Waals surface area contributed by atoms with Crippen molar-refractivity contribution in [2.45, 2.75) is 4.90 Å². The van der Waals surface area contributed by atoms with E-state index >= 15 is 0 Å². The molecule has 2 aromatic carbocycles. The quantitative estimate of drug-likeness (QED) is 0.649. The van der Waals surface area contributed by atoms with E-state index in [1.807, 2.05) is 0 Å². The van der Waals surface area contributed by atoms with Crippen molar-refractivity contribution >= 4 is 21.4 Å². The van der Waals surface area contributed by atoms with E-state index < -0.39 is 10.0 Å². The number of hydrogen-bond acceptors (Lipinski definition) is 5. The first-order chi connectivity index (χ1) is 9.12. The van der Waals surface area contributed by atoms with Crippen molar-refractivity contribution in [1.82, 2.24) is 4.83 Å². The highest BCUT2D eigenvalue weighted by Crippen LogP contribution is 2.15. The van der Waals surface area contributed by atoms with Gasteiger partial charge in [0.2, 0.25) is 0 Å². The van der Waals surface area contributed by atoms with E-state index in [2.05, 4.69) is 15.4 Å². The fourth-order valence-corrected chi connectivity index (χ4v) is 2.28. The Morgan fingerprint density at radius 2 is 1.53 bits per heavy atom. The minimum Gasteiger partial charge on any atom is -0.308 e. The zero-order valence-electron chi connectivity index (χ0n) is 9.78. The number of hydrogen-bond donors (Lipinski definition) is 2. The van der Waals surface area contributed by atoms with E-state index in [1.54, 1.807) is 30.3 Å². The molecule has 0 spiro atoms. The van der Waals surface area contributed by atoms with E-state index in [1.165, 1.54) is 24.3 Å². The zero-order valence-corrected chi connectivity index (χ0v) is 10.6. The molecule has 2 N–H and O–H groups in total. The number of benzene rings is 2. The SMILES string of the molecule is O=Nc1ccc(NNS(=O)(=O)c2ccccc2)cc1. The van der Waals surface area contributed by atoms with Crippen molar-refractivity contribution < 1.29 is 8.42 Å². The molecule has 0 atom stereocenters. The topological polar surface area (TPSA) is 87.6 Å². The number of nitrogens with one attached hydrogen (secondary N) is 2. The van der Waals surface area contributed by atoms with Crippen LogP contribution in [-0.4, -0.2) is 8.42 Å². The van der Waals surface area contributed by atoms with Crippen molar-refractivity contribution in [2.24, 2.45) is 5.18 Å². The first-order valence-corrected chi connectivity index (χ1v) is 6.86. The number of nitroso groups, excluding NO2 is 1. The fourth-order valence-electron chi connectivity index (χ4n) is 1.39. The predicted octanol–water partition coefficient (Wildman–Crippen LogP) is 2.39. The van der Waals surface area contributed by atoms with E-state index in [9.17, 15) is 13.3 Å². The van der Waals surface area contributed by atoms with E-state index in [0.717, 1.165) is 0 Å². The molecule has 0 saturated carbocycles. The van der Waals surface area contributed by atoms with Crippen LogP contribution in [0.2, 0.25) is 0 Å². The predicted molar refractivity (Wildman–Crippen MR) is 72.3 cm³/mol. The highest BCUT2D eigenvalue weighted by molar-refractivity contribution is 7.89. The minimum atomic E-state index is -3.62. The molecule has 0 saturated heterocycles. The zero-order chi connectivity index (χ0) is 13.7. The molecule has 0 fully saturated rings. The molecule has 2 aromatic rings. The van der Waals surface area contributed by atoms with Crippen molar-refractivity contribution in [1.29, 1.82) is 0 Å². The normalized spacial score (nSPS) is 10.9. The molecule has 0 aromatic heterocycles. The molecule has 98 valence electrons. The van der Waals surface area contributed by atoms with Gasteiger partial charge in [-0.25, -0.2) is 8.42 Å². The average Bonchev–Trinajstić information content (AvgIpc) is 2.47. The first kappa shape index (κ1) is 13.2. The van der Waals surface area contributed by atoms with Gasteiger partial charge in [0.1, 0.15) is 5.69 Å². The van der Waals surface area contributed by atoms with Crippen molar-refractivity contribution in [3.63, 3.8) is 0 Å². The summed E-state index contributed by atoms with van der Waals surface area (Å²) in [6.45, 7) is 0. The molecule has 0 bridgehead atoms. The Morgan fingerprint density at radius 1 is 0.895 bits per heavy atom. The standard InChI is InChI=1S/C12H11N3O3S/c16-14-11-8-6-10(7-9-11)13-15-19(17,18)12-4-2-1-3-5-12/h1-9,13,15H. The molecule has 0 heterocycles. The Kier molecular flexibility index (Phi) is 3.88. The van der Waals surface area contributed by atoms with Crippen LogP contribution < -0.4 is 10.3 Å². The maximum atomic E-state index is 11.9. The molecular weight excluding hydrogens is 266 g/mol. The average molecular weight is 277 g/mol. The molecule has 0 unspecified atom stereocenters. The van der Waals surface area contributed by atoms with Crippen LogP contribution in [0, 0.1) is 4.91 Å². The highest BCUT2D eigenvalue weighted by Gasteiger charge is 2.12. The lowest BCUT2D eigenvalue weighted by atomic mass is 10.3. The molecule has 2 rings (SSSR count). The summed E-state index contributed by atoms with van der Waals surface area (Å²) in [5, 5.41) is 2.75. The van der Waals surface area contributed by atoms with Crippen molar-refractivity contribution in [3.05, 3.63) is 59.5 Å². The summed E-state index contributed by atoms with van der Waals surface area (Å²) in [6, 6.07) is 14.0. The molecule has 7 heteroatoms. The Bertz CT molecular complexity index is 654. The number of nitrogens with zero attached hydrogens (tertiary/aromatic N) is 1. The van der Waals surface area contributed by atoms with Gasteiger partial charge in [-0.05, 0) is 41.6 Å². The van der Waals surface area contributed by atoms with Crippen LogP contribution >= 0.6 is 0 Å². The fraction of sp³-hybridized carbons (Fsp3) is 0. The third kappa shape index (κ3) is 3.36. The highest BCUT2D eigenvalue weighted by atomic mass is 32.2. The second-order valence-electron chi connectivity index (χ2n) is 3.68. The molecule has 0 aliphatic heterocycles. The summed E-state index contributed by atoms with van der Waals surface area (Å²) in [5.74, 6) is 0. The summed E-state index contributed by atoms with van der Waals surface area (Å²) in [4.78, 5) is 12.6. The van der Waals surface area contributed by atoms with Gasteiger partial charge in [0.25, 0.3) is 10.0 Å². The van der Waals surface area contributed by atoms with Crippen LogP contribution in [0.15, 0.2) is 64.7 Å². The molecule has 0 aliphatic carbocycles. The summed E-state index contributed by atoms with van der Waals surface area (Å²) in [5.41, 5.74) is 3.33. The molecule has 0 radical (unpaired) electrons. The number of sulfonamides is 1. The Hall–Kier alpha value is -2.25. The second-order valence-corrected chi connectivity index (χ2v) is 5.36. The monoisotopic (exact) mass is 277 g/mol. The first-order valence-electron chi connectivity index (χ1n) is 5.38. The molecule has 19 heavy (non-hydrogen) atoms. The maximum absolute atomic E-state index is 11.9. The largest absolute Gasteiger partial charge is 0.308 e. The Morgan fingerprint density at radius 3 is 2.11 bits per heavy atom. The van der Waals surface area contributed by atoms with Crippen LogP contribution in [0.4, 0.5) is 11.4 Å². The van der Waals surface area contributed by atoms with E-state index in [0.29, 0.717) is 5.69 Å². The number of anilines is 1. The lowest BCUT2D eigenvalue weighted by Crippen LogP contribution is -2.29. The number of hydrazine groups is 1.